The summed E-state index contributed by atoms with van der Waals surface area (Å²) in [5, 5.41) is 0. The van der Waals surface area contributed by atoms with Crippen LogP contribution in [-0.4, -0.2) is 31.1 Å². The third-order valence-corrected chi connectivity index (χ3v) is 2.66. The molecule has 90 valence electrons. The van der Waals surface area contributed by atoms with E-state index < -0.39 is 0 Å². The predicted octanol–water partition coefficient (Wildman–Crippen LogP) is 1.63. The highest BCUT2D eigenvalue weighted by atomic mass is 16.5. The first kappa shape index (κ1) is 12.9. The van der Waals surface area contributed by atoms with E-state index in [1.807, 2.05) is 0 Å². The molecule has 1 aliphatic rings. The Morgan fingerprint density at radius 3 is 3.06 bits per heavy atom. The molecule has 4 nitrogen and oxygen atoms in total. The smallest absolute Gasteiger partial charge is 0.305 e. The molecule has 2 atom stereocenters. The van der Waals surface area contributed by atoms with Gasteiger partial charge in [-0.15, -0.1) is 6.58 Å². The average molecular weight is 226 g/mol. The Kier molecular flexibility index (Phi) is 5.19. The zero-order valence-electron chi connectivity index (χ0n) is 9.61. The van der Waals surface area contributed by atoms with Crippen molar-refractivity contribution >= 4 is 11.8 Å². The summed E-state index contributed by atoms with van der Waals surface area (Å²) in [6.45, 7) is 3.59. The van der Waals surface area contributed by atoms with Crippen LogP contribution < -0.4 is 0 Å². The molecule has 0 bridgehead atoms. The topological polar surface area (TPSA) is 52.6 Å². The molecule has 1 rings (SSSR count). The molecule has 4 heteroatoms. The van der Waals surface area contributed by atoms with Gasteiger partial charge < -0.3 is 9.47 Å². The van der Waals surface area contributed by atoms with Gasteiger partial charge >= 0.3 is 5.97 Å². The van der Waals surface area contributed by atoms with E-state index in [4.69, 9.17) is 4.74 Å². The summed E-state index contributed by atoms with van der Waals surface area (Å²) in [4.78, 5) is 22.3. The van der Waals surface area contributed by atoms with Crippen molar-refractivity contribution in [2.45, 2.75) is 44.3 Å². The number of Topliss-reactive ketones (excluding diaryl/α,β-unsaturated/α-hetero) is 1. The number of ketones is 1. The van der Waals surface area contributed by atoms with Gasteiger partial charge in [0.1, 0.15) is 6.10 Å². The Balaban J connectivity index is 2.22. The van der Waals surface area contributed by atoms with Crippen molar-refractivity contribution in [1.82, 2.24) is 0 Å². The van der Waals surface area contributed by atoms with Crippen molar-refractivity contribution in [3.63, 3.8) is 0 Å². The van der Waals surface area contributed by atoms with Crippen LogP contribution in [0.25, 0.3) is 0 Å². The molecule has 0 spiro atoms. The fourth-order valence-corrected chi connectivity index (χ4v) is 1.80. The molecule has 0 aromatic heterocycles. The molecule has 0 amide bonds. The normalized spacial score (nSPS) is 24.4. The van der Waals surface area contributed by atoms with Gasteiger partial charge in [-0.05, 0) is 19.3 Å². The molecular formula is C12H18O4. The number of hydrogen-bond donors (Lipinski definition) is 0. The minimum Gasteiger partial charge on any atom is -0.469 e. The maximum absolute atomic E-state index is 11.5. The van der Waals surface area contributed by atoms with Crippen LogP contribution in [0.3, 0.4) is 0 Å². The van der Waals surface area contributed by atoms with E-state index in [1.54, 1.807) is 6.08 Å². The number of ether oxygens (including phenoxy) is 2. The zero-order chi connectivity index (χ0) is 12.0. The molecule has 0 aliphatic carbocycles. The largest absolute Gasteiger partial charge is 0.469 e. The Morgan fingerprint density at radius 1 is 1.69 bits per heavy atom. The third-order valence-electron chi connectivity index (χ3n) is 2.66. The monoisotopic (exact) mass is 226 g/mol. The maximum atomic E-state index is 11.5. The SMILES string of the molecule is C=CCC1OC(CCCC(=O)OC)CC1=O. The third kappa shape index (κ3) is 3.77. The molecule has 16 heavy (non-hydrogen) atoms. The molecular weight excluding hydrogens is 208 g/mol. The fraction of sp³-hybridized carbons (Fsp3) is 0.667. The van der Waals surface area contributed by atoms with Crippen LogP contribution in [0.15, 0.2) is 12.7 Å². The summed E-state index contributed by atoms with van der Waals surface area (Å²) >= 11 is 0. The van der Waals surface area contributed by atoms with Crippen molar-refractivity contribution < 1.29 is 19.1 Å². The van der Waals surface area contributed by atoms with E-state index in [2.05, 4.69) is 11.3 Å². The lowest BCUT2D eigenvalue weighted by molar-refractivity contribution is -0.140. The van der Waals surface area contributed by atoms with Crippen LogP contribution in [-0.2, 0) is 19.1 Å². The quantitative estimate of drug-likeness (QED) is 0.510. The van der Waals surface area contributed by atoms with Crippen LogP contribution in [0.1, 0.15) is 32.1 Å². The minimum atomic E-state index is -0.319. The number of carbonyl (C=O) groups excluding carboxylic acids is 2. The summed E-state index contributed by atoms with van der Waals surface area (Å²) in [6.07, 6.45) is 4.19. The van der Waals surface area contributed by atoms with Gasteiger partial charge in [-0.3, -0.25) is 9.59 Å². The predicted molar refractivity (Wildman–Crippen MR) is 59.0 cm³/mol. The molecule has 0 radical (unpaired) electrons. The molecule has 1 heterocycles. The molecule has 2 unspecified atom stereocenters. The van der Waals surface area contributed by atoms with Gasteiger partial charge in [0.2, 0.25) is 0 Å². The van der Waals surface area contributed by atoms with E-state index in [1.165, 1.54) is 7.11 Å². The van der Waals surface area contributed by atoms with Gasteiger partial charge in [0.25, 0.3) is 0 Å². The molecule has 0 aromatic carbocycles. The second-order valence-corrected chi connectivity index (χ2v) is 3.91. The molecule has 1 saturated heterocycles. The van der Waals surface area contributed by atoms with Crippen molar-refractivity contribution in [3.05, 3.63) is 12.7 Å². The van der Waals surface area contributed by atoms with Crippen molar-refractivity contribution in [3.8, 4) is 0 Å². The number of carbonyl (C=O) groups is 2. The number of esters is 1. The van der Waals surface area contributed by atoms with Crippen molar-refractivity contribution in [2.24, 2.45) is 0 Å². The highest BCUT2D eigenvalue weighted by Gasteiger charge is 2.31. The summed E-state index contributed by atoms with van der Waals surface area (Å²) in [5.41, 5.74) is 0. The maximum Gasteiger partial charge on any atom is 0.305 e. The minimum absolute atomic E-state index is 0.0397. The van der Waals surface area contributed by atoms with Crippen LogP contribution in [0.2, 0.25) is 0 Å². The van der Waals surface area contributed by atoms with Gasteiger partial charge in [-0.1, -0.05) is 6.08 Å². The molecule has 0 N–H and O–H groups in total. The summed E-state index contributed by atoms with van der Waals surface area (Å²) < 4.78 is 10.1. The highest BCUT2D eigenvalue weighted by Crippen LogP contribution is 2.23. The van der Waals surface area contributed by atoms with Crippen molar-refractivity contribution in [1.29, 1.82) is 0 Å². The zero-order valence-corrected chi connectivity index (χ0v) is 9.61. The lowest BCUT2D eigenvalue weighted by Crippen LogP contribution is -2.14. The number of rotatable bonds is 6. The summed E-state index contributed by atoms with van der Waals surface area (Å²) in [7, 11) is 1.37. The second-order valence-electron chi connectivity index (χ2n) is 3.91. The van der Waals surface area contributed by atoms with E-state index in [0.717, 1.165) is 6.42 Å². The van der Waals surface area contributed by atoms with E-state index in [-0.39, 0.29) is 24.0 Å². The van der Waals surface area contributed by atoms with Crippen molar-refractivity contribution in [2.75, 3.05) is 7.11 Å². The van der Waals surface area contributed by atoms with Crippen LogP contribution in [0.4, 0.5) is 0 Å². The summed E-state index contributed by atoms with van der Waals surface area (Å²) in [6, 6.07) is 0. The first-order valence-electron chi connectivity index (χ1n) is 5.53. The van der Waals surface area contributed by atoms with Crippen LogP contribution in [0, 0.1) is 0 Å². The van der Waals surface area contributed by atoms with E-state index in [0.29, 0.717) is 25.7 Å². The lowest BCUT2D eigenvalue weighted by Gasteiger charge is -2.10. The van der Waals surface area contributed by atoms with Gasteiger partial charge in [0.05, 0.1) is 13.2 Å². The van der Waals surface area contributed by atoms with E-state index in [9.17, 15) is 9.59 Å². The Hall–Kier alpha value is -1.16. The Morgan fingerprint density at radius 2 is 2.44 bits per heavy atom. The molecule has 0 saturated carbocycles. The first-order valence-corrected chi connectivity index (χ1v) is 5.53. The van der Waals surface area contributed by atoms with Crippen LogP contribution in [0.5, 0.6) is 0 Å². The average Bonchev–Trinajstić information content (AvgIpc) is 2.60. The Labute approximate surface area is 95.6 Å². The fourth-order valence-electron chi connectivity index (χ4n) is 1.80. The molecule has 1 aliphatic heterocycles. The van der Waals surface area contributed by atoms with Gasteiger partial charge in [-0.25, -0.2) is 0 Å². The first-order chi connectivity index (χ1) is 7.67. The van der Waals surface area contributed by atoms with E-state index >= 15 is 0 Å². The molecule has 1 fully saturated rings. The summed E-state index contributed by atoms with van der Waals surface area (Å²) in [5.74, 6) is -0.0741. The number of methoxy groups -OCH3 is 1. The second kappa shape index (κ2) is 6.43. The standard InChI is InChI=1S/C12H18O4/c1-3-5-11-10(13)8-9(16-11)6-4-7-12(14)15-2/h3,9,11H,1,4-8H2,2H3. The number of hydrogen-bond acceptors (Lipinski definition) is 4. The lowest BCUT2D eigenvalue weighted by atomic mass is 10.1. The van der Waals surface area contributed by atoms with Gasteiger partial charge in [0.15, 0.2) is 5.78 Å². The van der Waals surface area contributed by atoms with Gasteiger partial charge in [0, 0.05) is 12.8 Å². The highest BCUT2D eigenvalue weighted by molar-refractivity contribution is 5.85. The Bertz CT molecular complexity index is 272. The van der Waals surface area contributed by atoms with Crippen LogP contribution >= 0.6 is 0 Å². The van der Waals surface area contributed by atoms with Gasteiger partial charge in [-0.2, -0.15) is 0 Å². The molecule has 0 aromatic rings.